The molecule has 1 saturated heterocycles. The number of nitrogens with two attached hydrogens (primary N) is 1. The Morgan fingerprint density at radius 1 is 1.03 bits per heavy atom. The van der Waals surface area contributed by atoms with Crippen molar-refractivity contribution in [1.82, 2.24) is 0 Å². The van der Waals surface area contributed by atoms with Crippen molar-refractivity contribution in [2.45, 2.75) is 68.2 Å². The van der Waals surface area contributed by atoms with E-state index in [0.29, 0.717) is 17.7 Å². The Bertz CT molecular complexity index is 1040. The van der Waals surface area contributed by atoms with Crippen molar-refractivity contribution in [3.05, 3.63) is 64.7 Å². The molecule has 0 spiro atoms. The van der Waals surface area contributed by atoms with Crippen LogP contribution in [0.5, 0.6) is 0 Å². The molecule has 2 aromatic carbocycles. The Morgan fingerprint density at radius 3 is 2.38 bits per heavy atom. The van der Waals surface area contributed by atoms with Gasteiger partial charge in [-0.05, 0) is 67.0 Å². The first-order valence-electron chi connectivity index (χ1n) is 11.7. The van der Waals surface area contributed by atoms with Gasteiger partial charge in [-0.1, -0.05) is 36.1 Å². The first-order chi connectivity index (χ1) is 16.4. The third kappa shape index (κ3) is 5.13. The minimum atomic E-state index is -1.42. The van der Waals surface area contributed by atoms with Crippen LogP contribution in [-0.2, 0) is 15.9 Å². The normalized spacial score (nSPS) is 28.3. The maximum Gasteiger partial charge on any atom is 0.128 e. The molecule has 2 aromatic rings. The van der Waals surface area contributed by atoms with E-state index in [1.54, 1.807) is 19.2 Å². The van der Waals surface area contributed by atoms with Crippen LogP contribution in [0.1, 0.15) is 54.0 Å². The number of hydrogen-bond acceptors (Lipinski definition) is 7. The highest BCUT2D eigenvalue weighted by Crippen LogP contribution is 2.34. The molecule has 0 unspecified atom stereocenters. The van der Waals surface area contributed by atoms with Gasteiger partial charge < -0.3 is 35.6 Å². The van der Waals surface area contributed by atoms with Crippen LogP contribution >= 0.6 is 0 Å². The first kappa shape index (κ1) is 24.7. The molecule has 2 fully saturated rings. The second-order valence-corrected chi connectivity index (χ2v) is 9.24. The van der Waals surface area contributed by atoms with Crippen molar-refractivity contribution in [3.8, 4) is 11.8 Å². The van der Waals surface area contributed by atoms with E-state index < -0.39 is 37.1 Å². The van der Waals surface area contributed by atoms with Gasteiger partial charge in [-0.15, -0.1) is 0 Å². The highest BCUT2D eigenvalue weighted by Gasteiger charge is 2.44. The van der Waals surface area contributed by atoms with Gasteiger partial charge in [0.1, 0.15) is 36.1 Å². The SMILES string of the molecule is COC1(C#Cc2ccc(Cc3cc([C@@H]4O[C@H](CO)[C@@H](O)[C@H](O)[C@H]4O)ccc3N)cc2)CCCC1. The molecule has 7 nitrogen and oxygen atoms in total. The highest BCUT2D eigenvalue weighted by molar-refractivity contribution is 5.51. The summed E-state index contributed by atoms with van der Waals surface area (Å²) < 4.78 is 11.4. The molecular weight excluding hydrogens is 434 g/mol. The summed E-state index contributed by atoms with van der Waals surface area (Å²) in [5.74, 6) is 6.56. The van der Waals surface area contributed by atoms with Gasteiger partial charge in [0, 0.05) is 18.4 Å². The van der Waals surface area contributed by atoms with Crippen LogP contribution in [0.2, 0.25) is 0 Å². The zero-order chi connectivity index (χ0) is 24.3. The van der Waals surface area contributed by atoms with E-state index >= 15 is 0 Å². The molecule has 0 bridgehead atoms. The summed E-state index contributed by atoms with van der Waals surface area (Å²) in [5.41, 5.74) is 9.92. The third-order valence-corrected chi connectivity index (χ3v) is 6.97. The van der Waals surface area contributed by atoms with Crippen molar-refractivity contribution in [1.29, 1.82) is 0 Å². The van der Waals surface area contributed by atoms with E-state index in [1.807, 2.05) is 30.3 Å². The molecule has 7 heteroatoms. The van der Waals surface area contributed by atoms with E-state index in [2.05, 4.69) is 11.8 Å². The Labute approximate surface area is 200 Å². The number of benzene rings is 2. The zero-order valence-corrected chi connectivity index (χ0v) is 19.4. The average molecular weight is 468 g/mol. The smallest absolute Gasteiger partial charge is 0.128 e. The summed E-state index contributed by atoms with van der Waals surface area (Å²) in [7, 11) is 1.73. The minimum Gasteiger partial charge on any atom is -0.398 e. The van der Waals surface area contributed by atoms with E-state index in [1.165, 1.54) is 0 Å². The number of rotatable bonds is 5. The molecule has 6 N–H and O–H groups in total. The van der Waals surface area contributed by atoms with Crippen LogP contribution < -0.4 is 5.73 Å². The fourth-order valence-electron chi connectivity index (χ4n) is 4.77. The predicted octanol–water partition coefficient (Wildman–Crippen LogP) is 1.69. The van der Waals surface area contributed by atoms with Crippen LogP contribution in [0, 0.1) is 11.8 Å². The van der Waals surface area contributed by atoms with E-state index in [9.17, 15) is 20.4 Å². The van der Waals surface area contributed by atoms with Gasteiger partial charge in [0.2, 0.25) is 0 Å². The molecular formula is C27H33NO6. The molecule has 1 aliphatic heterocycles. The fraction of sp³-hybridized carbons (Fsp3) is 0.481. The second kappa shape index (κ2) is 10.4. The highest BCUT2D eigenvalue weighted by atomic mass is 16.5. The van der Waals surface area contributed by atoms with Crippen molar-refractivity contribution < 1.29 is 29.9 Å². The summed E-state index contributed by atoms with van der Waals surface area (Å²) in [6, 6.07) is 13.3. The Hall–Kier alpha value is -2.44. The van der Waals surface area contributed by atoms with Gasteiger partial charge in [-0.3, -0.25) is 0 Å². The molecule has 1 saturated carbocycles. The maximum atomic E-state index is 10.5. The number of methoxy groups -OCH3 is 1. The van der Waals surface area contributed by atoms with Crippen molar-refractivity contribution in [2.75, 3.05) is 19.5 Å². The van der Waals surface area contributed by atoms with Crippen LogP contribution in [0.3, 0.4) is 0 Å². The van der Waals surface area contributed by atoms with Gasteiger partial charge >= 0.3 is 0 Å². The van der Waals surface area contributed by atoms with Gasteiger partial charge in [0.15, 0.2) is 0 Å². The standard InChI is InChI=1S/C27H33NO6/c1-33-27(11-2-3-12-27)13-10-17-4-6-18(7-5-17)14-20-15-19(8-9-21(20)28)26-25(32)24(31)23(30)22(16-29)34-26/h4-9,15,22-26,29-32H,2-3,11-12,14,16,28H2,1H3/t22-,23-,24+,25-,26+/m1/s1. The van der Waals surface area contributed by atoms with Crippen LogP contribution in [-0.4, -0.2) is 64.2 Å². The lowest BCUT2D eigenvalue weighted by molar-refractivity contribution is -0.231. The van der Waals surface area contributed by atoms with Crippen LogP contribution in [0.4, 0.5) is 5.69 Å². The summed E-state index contributed by atoms with van der Waals surface area (Å²) in [6.07, 6.45) is -1.20. The molecule has 2 aliphatic rings. The second-order valence-electron chi connectivity index (χ2n) is 9.24. The van der Waals surface area contributed by atoms with Crippen molar-refractivity contribution in [2.24, 2.45) is 0 Å². The van der Waals surface area contributed by atoms with E-state index in [0.717, 1.165) is 42.4 Å². The number of hydrogen-bond donors (Lipinski definition) is 5. The molecule has 1 aliphatic carbocycles. The van der Waals surface area contributed by atoms with E-state index in [-0.39, 0.29) is 5.60 Å². The fourth-order valence-corrected chi connectivity index (χ4v) is 4.77. The molecule has 0 amide bonds. The average Bonchev–Trinajstić information content (AvgIpc) is 3.33. The number of aliphatic hydroxyl groups excluding tert-OH is 4. The Kier molecular flexibility index (Phi) is 7.58. The monoisotopic (exact) mass is 467 g/mol. The van der Waals surface area contributed by atoms with E-state index in [4.69, 9.17) is 15.2 Å². The maximum absolute atomic E-state index is 10.5. The summed E-state index contributed by atoms with van der Waals surface area (Å²) >= 11 is 0. The largest absolute Gasteiger partial charge is 0.398 e. The molecule has 34 heavy (non-hydrogen) atoms. The zero-order valence-electron chi connectivity index (χ0n) is 19.4. The summed E-state index contributed by atoms with van der Waals surface area (Å²) in [5, 5.41) is 40.1. The molecule has 0 aromatic heterocycles. The quantitative estimate of drug-likeness (QED) is 0.335. The van der Waals surface area contributed by atoms with Crippen LogP contribution in [0.25, 0.3) is 0 Å². The lowest BCUT2D eigenvalue weighted by Gasteiger charge is -2.40. The van der Waals surface area contributed by atoms with Gasteiger partial charge in [0.05, 0.1) is 6.61 Å². The van der Waals surface area contributed by atoms with Crippen molar-refractivity contribution >= 4 is 5.69 Å². The number of aliphatic hydroxyl groups is 4. The first-order valence-corrected chi connectivity index (χ1v) is 11.7. The van der Waals surface area contributed by atoms with Gasteiger partial charge in [-0.25, -0.2) is 0 Å². The molecule has 182 valence electrons. The lowest BCUT2D eigenvalue weighted by atomic mass is 9.89. The molecule has 0 radical (unpaired) electrons. The summed E-state index contributed by atoms with van der Waals surface area (Å²) in [6.45, 7) is -0.468. The van der Waals surface area contributed by atoms with Gasteiger partial charge in [-0.2, -0.15) is 0 Å². The Morgan fingerprint density at radius 2 is 1.74 bits per heavy atom. The summed E-state index contributed by atoms with van der Waals surface area (Å²) in [4.78, 5) is 0. The lowest BCUT2D eigenvalue weighted by Crippen LogP contribution is -2.55. The third-order valence-electron chi connectivity index (χ3n) is 6.97. The molecule has 5 atom stereocenters. The minimum absolute atomic E-state index is 0.321. The predicted molar refractivity (Wildman–Crippen MR) is 128 cm³/mol. The number of anilines is 1. The van der Waals surface area contributed by atoms with Gasteiger partial charge in [0.25, 0.3) is 0 Å². The topological polar surface area (TPSA) is 125 Å². The number of ether oxygens (including phenoxy) is 2. The number of nitrogen functional groups attached to an aromatic ring is 1. The Balaban J connectivity index is 1.50. The molecule has 4 rings (SSSR count). The molecule has 1 heterocycles. The van der Waals surface area contributed by atoms with Crippen LogP contribution in [0.15, 0.2) is 42.5 Å². The van der Waals surface area contributed by atoms with Crippen molar-refractivity contribution in [3.63, 3.8) is 0 Å².